The highest BCUT2D eigenvalue weighted by Gasteiger charge is 2.46. The molecule has 0 aliphatic carbocycles. The van der Waals surface area contributed by atoms with Crippen molar-refractivity contribution in [1.82, 2.24) is 14.9 Å². The first-order valence-corrected chi connectivity index (χ1v) is 6.52. The van der Waals surface area contributed by atoms with Crippen molar-refractivity contribution in [2.75, 3.05) is 20.3 Å². The summed E-state index contributed by atoms with van der Waals surface area (Å²) >= 11 is 0. The van der Waals surface area contributed by atoms with E-state index in [1.54, 1.807) is 19.4 Å². The summed E-state index contributed by atoms with van der Waals surface area (Å²) in [6, 6.07) is 1.74. The number of carbonyl (C=O) groups is 1. The molecule has 6 heteroatoms. The minimum atomic E-state index is -0.0672. The molecule has 2 fully saturated rings. The largest absolute Gasteiger partial charge is 0.377 e. The summed E-state index contributed by atoms with van der Waals surface area (Å²) in [7, 11) is 1.67. The molecular weight excluding hydrogens is 246 g/mol. The molecule has 3 rings (SSSR count). The van der Waals surface area contributed by atoms with Crippen LogP contribution >= 0.6 is 0 Å². The molecule has 0 spiro atoms. The predicted octanol–water partition coefficient (Wildman–Crippen LogP) is 0.495. The number of ether oxygens (including phenoxy) is 2. The number of rotatable bonds is 2. The Kier molecular flexibility index (Phi) is 3.44. The quantitative estimate of drug-likeness (QED) is 0.777. The number of carbonyl (C=O) groups excluding carboxylic acids is 1. The van der Waals surface area contributed by atoms with Crippen molar-refractivity contribution in [2.45, 2.75) is 31.1 Å². The van der Waals surface area contributed by atoms with Crippen molar-refractivity contribution in [3.05, 3.63) is 24.3 Å². The topological polar surface area (TPSA) is 64.5 Å². The number of aromatic nitrogens is 2. The number of hydrogen-bond acceptors (Lipinski definition) is 5. The van der Waals surface area contributed by atoms with E-state index in [-0.39, 0.29) is 24.2 Å². The summed E-state index contributed by atoms with van der Waals surface area (Å²) in [5.41, 5.74) is 0.427. The Bertz CT molecular complexity index is 454. The number of amides is 1. The van der Waals surface area contributed by atoms with Crippen LogP contribution in [-0.4, -0.2) is 59.3 Å². The van der Waals surface area contributed by atoms with Crippen molar-refractivity contribution in [3.63, 3.8) is 0 Å². The third-order valence-corrected chi connectivity index (χ3v) is 3.84. The summed E-state index contributed by atoms with van der Waals surface area (Å²) in [5, 5.41) is 0. The Morgan fingerprint density at radius 3 is 3.21 bits per heavy atom. The predicted molar refractivity (Wildman–Crippen MR) is 66.6 cm³/mol. The molecule has 2 saturated heterocycles. The zero-order chi connectivity index (χ0) is 13.2. The molecule has 0 radical (unpaired) electrons. The summed E-state index contributed by atoms with van der Waals surface area (Å²) in [6.45, 7) is 1.31. The van der Waals surface area contributed by atoms with Crippen LogP contribution in [0.2, 0.25) is 0 Å². The Hall–Kier alpha value is -1.53. The van der Waals surface area contributed by atoms with Crippen molar-refractivity contribution in [3.8, 4) is 0 Å². The van der Waals surface area contributed by atoms with Crippen LogP contribution < -0.4 is 0 Å². The zero-order valence-corrected chi connectivity index (χ0v) is 10.9. The number of fused-ring (bicyclic) bond motifs is 1. The molecule has 2 aliphatic heterocycles. The van der Waals surface area contributed by atoms with Gasteiger partial charge in [0.25, 0.3) is 5.91 Å². The normalized spacial score (nSPS) is 30.2. The fraction of sp³-hybridized carbons (Fsp3) is 0.615. The fourth-order valence-corrected chi connectivity index (χ4v) is 2.92. The molecule has 0 unspecified atom stereocenters. The second-order valence-electron chi connectivity index (χ2n) is 4.87. The van der Waals surface area contributed by atoms with Gasteiger partial charge in [-0.15, -0.1) is 0 Å². The van der Waals surface area contributed by atoms with Gasteiger partial charge in [-0.2, -0.15) is 0 Å². The lowest BCUT2D eigenvalue weighted by atomic mass is 10.0. The summed E-state index contributed by atoms with van der Waals surface area (Å²) in [5.74, 6) is -0.0672. The first kappa shape index (κ1) is 12.5. The molecule has 0 N–H and O–H groups in total. The average molecular weight is 263 g/mol. The molecule has 0 bridgehead atoms. The van der Waals surface area contributed by atoms with Gasteiger partial charge in [-0.3, -0.25) is 4.79 Å². The summed E-state index contributed by atoms with van der Waals surface area (Å²) in [4.78, 5) is 22.2. The van der Waals surface area contributed by atoms with Gasteiger partial charge in [-0.05, 0) is 18.9 Å². The highest BCUT2D eigenvalue weighted by atomic mass is 16.5. The number of hydrogen-bond donors (Lipinski definition) is 0. The maximum Gasteiger partial charge on any atom is 0.273 e. The van der Waals surface area contributed by atoms with Gasteiger partial charge >= 0.3 is 0 Å². The average Bonchev–Trinajstić information content (AvgIpc) is 2.86. The van der Waals surface area contributed by atoms with E-state index < -0.39 is 0 Å². The maximum absolute atomic E-state index is 12.5. The van der Waals surface area contributed by atoms with Crippen LogP contribution in [0.25, 0.3) is 0 Å². The van der Waals surface area contributed by atoms with Gasteiger partial charge in [-0.25, -0.2) is 9.97 Å². The lowest BCUT2D eigenvalue weighted by Crippen LogP contribution is -2.44. The van der Waals surface area contributed by atoms with Crippen LogP contribution in [-0.2, 0) is 9.47 Å². The fourth-order valence-electron chi connectivity index (χ4n) is 2.92. The van der Waals surface area contributed by atoms with Gasteiger partial charge in [0, 0.05) is 19.9 Å². The van der Waals surface area contributed by atoms with Crippen LogP contribution in [0.5, 0.6) is 0 Å². The van der Waals surface area contributed by atoms with E-state index in [2.05, 4.69) is 9.97 Å². The van der Waals surface area contributed by atoms with E-state index in [4.69, 9.17) is 9.47 Å². The van der Waals surface area contributed by atoms with Crippen LogP contribution in [0.4, 0.5) is 0 Å². The minimum Gasteiger partial charge on any atom is -0.377 e. The van der Waals surface area contributed by atoms with Crippen molar-refractivity contribution in [1.29, 1.82) is 0 Å². The maximum atomic E-state index is 12.5. The summed E-state index contributed by atoms with van der Waals surface area (Å²) < 4.78 is 11.2. The van der Waals surface area contributed by atoms with Gasteiger partial charge in [0.2, 0.25) is 0 Å². The highest BCUT2D eigenvalue weighted by molar-refractivity contribution is 5.92. The molecule has 19 heavy (non-hydrogen) atoms. The highest BCUT2D eigenvalue weighted by Crippen LogP contribution is 2.31. The standard InChI is InChI=1S/C13H17N3O3/c1-18-11-7-16(10-3-2-6-19-12(10)11)13(17)9-4-5-14-8-15-9/h4-5,8,10-12H,2-3,6-7H2,1H3/t10-,11+,12+/m1/s1. The molecule has 1 aromatic heterocycles. The monoisotopic (exact) mass is 263 g/mol. The van der Waals surface area contributed by atoms with Crippen LogP contribution in [0, 0.1) is 0 Å². The van der Waals surface area contributed by atoms with Crippen LogP contribution in [0.3, 0.4) is 0 Å². The molecule has 0 saturated carbocycles. The lowest BCUT2D eigenvalue weighted by molar-refractivity contribution is -0.0639. The van der Waals surface area contributed by atoms with Crippen molar-refractivity contribution < 1.29 is 14.3 Å². The molecule has 1 amide bonds. The Labute approximate surface area is 111 Å². The van der Waals surface area contributed by atoms with E-state index >= 15 is 0 Å². The minimum absolute atomic E-state index is 0.00969. The van der Waals surface area contributed by atoms with Gasteiger partial charge < -0.3 is 14.4 Å². The molecule has 3 atom stereocenters. The first-order valence-electron chi connectivity index (χ1n) is 6.52. The molecule has 2 aliphatic rings. The smallest absolute Gasteiger partial charge is 0.273 e. The Balaban J connectivity index is 1.82. The third-order valence-electron chi connectivity index (χ3n) is 3.84. The molecule has 102 valence electrons. The molecular formula is C13H17N3O3. The van der Waals surface area contributed by atoms with E-state index in [9.17, 15) is 4.79 Å². The van der Waals surface area contributed by atoms with Crippen molar-refractivity contribution in [2.24, 2.45) is 0 Å². The molecule has 0 aromatic carbocycles. The second kappa shape index (κ2) is 5.22. The lowest BCUT2D eigenvalue weighted by Gasteiger charge is -2.31. The van der Waals surface area contributed by atoms with E-state index in [0.717, 1.165) is 19.4 Å². The van der Waals surface area contributed by atoms with Gasteiger partial charge in [0.05, 0.1) is 12.6 Å². The Morgan fingerprint density at radius 2 is 2.47 bits per heavy atom. The van der Waals surface area contributed by atoms with Crippen LogP contribution in [0.15, 0.2) is 18.6 Å². The number of nitrogens with zero attached hydrogens (tertiary/aromatic N) is 3. The molecule has 1 aromatic rings. The third kappa shape index (κ3) is 2.21. The van der Waals surface area contributed by atoms with Gasteiger partial charge in [0.15, 0.2) is 0 Å². The zero-order valence-electron chi connectivity index (χ0n) is 10.9. The Morgan fingerprint density at radius 1 is 1.58 bits per heavy atom. The van der Waals surface area contributed by atoms with Crippen LogP contribution in [0.1, 0.15) is 23.3 Å². The number of likely N-dealkylation sites (tertiary alicyclic amines) is 1. The van der Waals surface area contributed by atoms with E-state index in [0.29, 0.717) is 12.2 Å². The van der Waals surface area contributed by atoms with Gasteiger partial charge in [-0.1, -0.05) is 0 Å². The SMILES string of the molecule is CO[C@H]1CN(C(=O)c2ccncn2)[C@@H]2CCCO[C@H]12. The number of methoxy groups -OCH3 is 1. The van der Waals surface area contributed by atoms with E-state index in [1.807, 2.05) is 4.90 Å². The van der Waals surface area contributed by atoms with Crippen molar-refractivity contribution >= 4 is 5.91 Å². The van der Waals surface area contributed by atoms with E-state index in [1.165, 1.54) is 6.33 Å². The van der Waals surface area contributed by atoms with Gasteiger partial charge in [0.1, 0.15) is 24.2 Å². The first-order chi connectivity index (χ1) is 9.31. The summed E-state index contributed by atoms with van der Waals surface area (Å²) in [6.07, 6.45) is 4.86. The second-order valence-corrected chi connectivity index (χ2v) is 4.87. The molecule has 6 nitrogen and oxygen atoms in total. The molecule has 3 heterocycles.